The van der Waals surface area contributed by atoms with Gasteiger partial charge in [-0.05, 0) is 53.5 Å². The summed E-state index contributed by atoms with van der Waals surface area (Å²) in [5, 5.41) is 23.3. The van der Waals surface area contributed by atoms with Crippen molar-refractivity contribution < 1.29 is 33.9 Å². The zero-order valence-corrected chi connectivity index (χ0v) is 20.6. The summed E-state index contributed by atoms with van der Waals surface area (Å²) in [7, 11) is 0. The Balaban J connectivity index is 3.05. The highest BCUT2D eigenvalue weighted by Crippen LogP contribution is 2.16. The van der Waals surface area contributed by atoms with E-state index in [1.807, 2.05) is 0 Å². The largest absolute Gasteiger partial charge is 0.480 e. The molecule has 34 heavy (non-hydrogen) atoms. The molecule has 190 valence electrons. The minimum atomic E-state index is -1.13. The van der Waals surface area contributed by atoms with Crippen molar-refractivity contribution >= 4 is 23.6 Å². The summed E-state index contributed by atoms with van der Waals surface area (Å²) in [6, 6.07) is 5.33. The third-order valence-corrected chi connectivity index (χ3v) is 4.29. The van der Waals surface area contributed by atoms with Gasteiger partial charge in [-0.1, -0.05) is 12.1 Å². The Morgan fingerprint density at radius 2 is 1.53 bits per heavy atom. The quantitative estimate of drug-likeness (QED) is 0.258. The molecule has 0 aliphatic heterocycles. The molecule has 1 rings (SSSR count). The second-order valence-electron chi connectivity index (χ2n) is 9.88. The Kier molecular flexibility index (Phi) is 10.6. The van der Waals surface area contributed by atoms with Gasteiger partial charge in [-0.2, -0.15) is 0 Å². The van der Waals surface area contributed by atoms with Crippen LogP contribution in [0.3, 0.4) is 0 Å². The molecule has 1 aromatic rings. The molecule has 0 aliphatic carbocycles. The van der Waals surface area contributed by atoms with Crippen molar-refractivity contribution in [3.63, 3.8) is 0 Å². The lowest BCUT2D eigenvalue weighted by Crippen LogP contribution is -2.49. The van der Waals surface area contributed by atoms with E-state index >= 15 is 0 Å². The van der Waals surface area contributed by atoms with E-state index in [1.54, 1.807) is 53.7 Å². The Bertz CT molecular complexity index is 856. The van der Waals surface area contributed by atoms with Gasteiger partial charge in [0.2, 0.25) is 0 Å². The van der Waals surface area contributed by atoms with Crippen LogP contribution in [0.1, 0.15) is 47.1 Å². The lowest BCUT2D eigenvalue weighted by Gasteiger charge is -2.31. The van der Waals surface area contributed by atoms with Crippen LogP contribution in [0.25, 0.3) is 0 Å². The van der Waals surface area contributed by atoms with Crippen LogP contribution in [0.5, 0.6) is 0 Å². The third-order valence-electron chi connectivity index (χ3n) is 4.29. The van der Waals surface area contributed by atoms with Crippen LogP contribution in [-0.2, 0) is 30.3 Å². The van der Waals surface area contributed by atoms with Crippen molar-refractivity contribution in [3.05, 3.63) is 39.9 Å². The molecule has 1 aromatic carbocycles. The van der Waals surface area contributed by atoms with E-state index in [4.69, 9.17) is 9.47 Å². The number of esters is 2. The van der Waals surface area contributed by atoms with Crippen LogP contribution < -0.4 is 5.32 Å². The number of benzene rings is 1. The van der Waals surface area contributed by atoms with E-state index in [-0.39, 0.29) is 31.7 Å². The van der Waals surface area contributed by atoms with Gasteiger partial charge >= 0.3 is 17.9 Å². The topological polar surface area (TPSA) is 148 Å². The van der Waals surface area contributed by atoms with E-state index < -0.39 is 46.6 Å². The highest BCUT2D eigenvalue weighted by Gasteiger charge is 2.27. The molecule has 2 N–H and O–H groups in total. The maximum absolute atomic E-state index is 12.4. The number of carbonyl (C=O) groups is 3. The second-order valence-corrected chi connectivity index (χ2v) is 9.88. The molecule has 0 aliphatic rings. The molecule has 0 saturated carbocycles. The zero-order valence-electron chi connectivity index (χ0n) is 20.6. The molecule has 0 saturated heterocycles. The van der Waals surface area contributed by atoms with Crippen LogP contribution in [0.2, 0.25) is 0 Å². The minimum Gasteiger partial charge on any atom is -0.480 e. The number of aliphatic carboxylic acids is 1. The molecule has 0 unspecified atom stereocenters. The molecule has 0 fully saturated rings. The van der Waals surface area contributed by atoms with Gasteiger partial charge in [0.05, 0.1) is 24.6 Å². The Morgan fingerprint density at radius 1 is 1.00 bits per heavy atom. The molecule has 1 atom stereocenters. The molecular formula is C23H35N3O8. The number of carboxylic acid groups (broad SMARTS) is 1. The summed E-state index contributed by atoms with van der Waals surface area (Å²) in [6.45, 7) is 9.71. The zero-order chi connectivity index (χ0) is 26.1. The van der Waals surface area contributed by atoms with Crippen LogP contribution in [0, 0.1) is 10.1 Å². The predicted octanol–water partition coefficient (Wildman–Crippen LogP) is 2.17. The van der Waals surface area contributed by atoms with Crippen LogP contribution in [0.4, 0.5) is 5.69 Å². The lowest BCUT2D eigenvalue weighted by molar-refractivity contribution is -0.384. The average Bonchev–Trinajstić information content (AvgIpc) is 2.63. The van der Waals surface area contributed by atoms with E-state index in [9.17, 15) is 29.6 Å². The molecule has 0 radical (unpaired) electrons. The number of ether oxygens (including phenoxy) is 2. The number of rotatable bonds is 12. The van der Waals surface area contributed by atoms with Crippen molar-refractivity contribution in [2.45, 2.75) is 65.2 Å². The van der Waals surface area contributed by atoms with Crippen LogP contribution >= 0.6 is 0 Å². The van der Waals surface area contributed by atoms with Crippen molar-refractivity contribution in [1.29, 1.82) is 0 Å². The first kappa shape index (κ1) is 29.0. The van der Waals surface area contributed by atoms with Gasteiger partial charge < -0.3 is 19.9 Å². The number of nitrogens with zero attached hydrogens (tertiary/aromatic N) is 2. The van der Waals surface area contributed by atoms with Crippen molar-refractivity contribution in [2.75, 3.05) is 26.2 Å². The molecule has 0 amide bonds. The first-order valence-corrected chi connectivity index (χ1v) is 10.9. The molecule has 11 nitrogen and oxygen atoms in total. The number of hydrogen-bond acceptors (Lipinski definition) is 9. The monoisotopic (exact) mass is 481 g/mol. The summed E-state index contributed by atoms with van der Waals surface area (Å²) in [5.41, 5.74) is -0.758. The van der Waals surface area contributed by atoms with Gasteiger partial charge in [0, 0.05) is 24.7 Å². The summed E-state index contributed by atoms with van der Waals surface area (Å²) in [5.74, 6) is -2.20. The molecule has 0 heterocycles. The van der Waals surface area contributed by atoms with Crippen molar-refractivity contribution in [2.24, 2.45) is 0 Å². The van der Waals surface area contributed by atoms with Crippen LogP contribution in [-0.4, -0.2) is 76.3 Å². The highest BCUT2D eigenvalue weighted by molar-refractivity contribution is 5.74. The average molecular weight is 482 g/mol. The normalized spacial score (nSPS) is 12.8. The highest BCUT2D eigenvalue weighted by atomic mass is 16.6. The fourth-order valence-electron chi connectivity index (χ4n) is 3.10. The van der Waals surface area contributed by atoms with E-state index in [2.05, 4.69) is 5.32 Å². The summed E-state index contributed by atoms with van der Waals surface area (Å²) in [4.78, 5) is 47.9. The molecule has 0 aromatic heterocycles. The molecule has 0 spiro atoms. The van der Waals surface area contributed by atoms with Crippen molar-refractivity contribution in [3.8, 4) is 0 Å². The summed E-state index contributed by atoms with van der Waals surface area (Å²) < 4.78 is 10.6. The van der Waals surface area contributed by atoms with Gasteiger partial charge in [-0.15, -0.1) is 0 Å². The number of nitro groups is 1. The SMILES string of the molecule is CC(C)(C)OC(=O)CNC[C@H](Cc1ccc([N+](=O)[O-])cc1)N(CC(=O)O)CC(=O)OC(C)(C)C. The number of carboxylic acids is 1. The Morgan fingerprint density at radius 3 is 2.00 bits per heavy atom. The van der Waals surface area contributed by atoms with E-state index in [0.29, 0.717) is 5.56 Å². The van der Waals surface area contributed by atoms with Gasteiger partial charge in [0.1, 0.15) is 11.2 Å². The second kappa shape index (κ2) is 12.4. The maximum atomic E-state index is 12.4. The fourth-order valence-corrected chi connectivity index (χ4v) is 3.10. The van der Waals surface area contributed by atoms with E-state index in [0.717, 1.165) is 0 Å². The number of nitrogens with one attached hydrogen (secondary N) is 1. The molecule has 11 heteroatoms. The molecular weight excluding hydrogens is 446 g/mol. The lowest BCUT2D eigenvalue weighted by atomic mass is 10.0. The number of nitro benzene ring substituents is 1. The van der Waals surface area contributed by atoms with E-state index in [1.165, 1.54) is 17.0 Å². The summed E-state index contributed by atoms with van der Waals surface area (Å²) in [6.07, 6.45) is 0.273. The van der Waals surface area contributed by atoms with Crippen LogP contribution in [0.15, 0.2) is 24.3 Å². The van der Waals surface area contributed by atoms with Gasteiger partial charge in [0.25, 0.3) is 5.69 Å². The Hall–Kier alpha value is -3.05. The van der Waals surface area contributed by atoms with Gasteiger partial charge in [0.15, 0.2) is 0 Å². The first-order chi connectivity index (χ1) is 15.6. The number of carbonyl (C=O) groups excluding carboxylic acids is 2. The number of hydrogen-bond donors (Lipinski definition) is 2. The van der Waals surface area contributed by atoms with Crippen molar-refractivity contribution in [1.82, 2.24) is 10.2 Å². The summed E-state index contributed by atoms with van der Waals surface area (Å²) >= 11 is 0. The minimum absolute atomic E-state index is 0.0699. The first-order valence-electron chi connectivity index (χ1n) is 10.9. The molecule has 0 bridgehead atoms. The smallest absolute Gasteiger partial charge is 0.320 e. The Labute approximate surface area is 199 Å². The predicted molar refractivity (Wildman–Crippen MR) is 124 cm³/mol. The fraction of sp³-hybridized carbons (Fsp3) is 0.609. The standard InChI is InChI=1S/C23H35N3O8/c1-22(2,3)33-20(29)13-24-12-18(11-16-7-9-17(10-8-16)26(31)32)25(14-19(27)28)15-21(30)34-23(4,5)6/h7-10,18,24H,11-15H2,1-6H3,(H,27,28)/t18-/m0/s1. The maximum Gasteiger partial charge on any atom is 0.320 e. The third kappa shape index (κ3) is 12.3. The van der Waals surface area contributed by atoms with Gasteiger partial charge in [-0.25, -0.2) is 0 Å². The van der Waals surface area contributed by atoms with Gasteiger partial charge in [-0.3, -0.25) is 29.4 Å². The number of non-ortho nitro benzene ring substituents is 1.